The van der Waals surface area contributed by atoms with E-state index in [1.54, 1.807) is 4.90 Å². The largest absolute Gasteiger partial charge is 0.449 e. The fourth-order valence-corrected chi connectivity index (χ4v) is 2.03. The summed E-state index contributed by atoms with van der Waals surface area (Å²) < 4.78 is 5.03. The fraction of sp³-hybridized carbons (Fsp3) is 0.417. The van der Waals surface area contributed by atoms with Crippen molar-refractivity contribution in [3.05, 3.63) is 35.9 Å². The molecule has 4 nitrogen and oxygen atoms in total. The molecule has 1 fully saturated rings. The number of hydrogen-bond acceptors (Lipinski definition) is 3. The van der Waals surface area contributed by atoms with Gasteiger partial charge in [-0.15, -0.1) is 0 Å². The molecule has 1 unspecified atom stereocenters. The molecule has 2 rings (SSSR count). The Morgan fingerprint density at radius 2 is 2.12 bits per heavy atom. The Kier molecular flexibility index (Phi) is 3.41. The summed E-state index contributed by atoms with van der Waals surface area (Å²) in [7, 11) is 0. The molecule has 0 radical (unpaired) electrons. The molecule has 1 heterocycles. The summed E-state index contributed by atoms with van der Waals surface area (Å²) >= 11 is 0. The molecule has 0 aromatic heterocycles. The van der Waals surface area contributed by atoms with E-state index in [0.717, 1.165) is 12.0 Å². The van der Waals surface area contributed by atoms with Crippen molar-refractivity contribution in [1.29, 1.82) is 0 Å². The summed E-state index contributed by atoms with van der Waals surface area (Å²) in [5.41, 5.74) is 6.66. The van der Waals surface area contributed by atoms with Crippen LogP contribution in [0.3, 0.4) is 0 Å². The standard InChI is InChI=1S/C12H16N2O2/c13-7-8-14-11(6-9-16-12(14)15)10-4-2-1-3-5-10/h1-5,11H,6-9,13H2. The zero-order valence-electron chi connectivity index (χ0n) is 9.13. The van der Waals surface area contributed by atoms with Crippen molar-refractivity contribution in [3.63, 3.8) is 0 Å². The quantitative estimate of drug-likeness (QED) is 0.840. The molecule has 1 aromatic carbocycles. The molecule has 0 spiro atoms. The van der Waals surface area contributed by atoms with E-state index in [4.69, 9.17) is 10.5 Å². The van der Waals surface area contributed by atoms with Crippen LogP contribution in [0.5, 0.6) is 0 Å². The van der Waals surface area contributed by atoms with Crippen molar-refractivity contribution in [1.82, 2.24) is 4.90 Å². The lowest BCUT2D eigenvalue weighted by atomic mass is 10.0. The maximum atomic E-state index is 11.6. The minimum atomic E-state index is -0.259. The Hall–Kier alpha value is -1.55. The van der Waals surface area contributed by atoms with Gasteiger partial charge in [0.25, 0.3) is 0 Å². The van der Waals surface area contributed by atoms with Gasteiger partial charge in [-0.1, -0.05) is 30.3 Å². The van der Waals surface area contributed by atoms with Gasteiger partial charge in [0.1, 0.15) is 0 Å². The molecular weight excluding hydrogens is 204 g/mol. The van der Waals surface area contributed by atoms with Crippen molar-refractivity contribution in [3.8, 4) is 0 Å². The summed E-state index contributed by atoms with van der Waals surface area (Å²) in [6, 6.07) is 10.1. The predicted octanol–water partition coefficient (Wildman–Crippen LogP) is 1.53. The molecule has 0 bridgehead atoms. The summed E-state index contributed by atoms with van der Waals surface area (Å²) in [5, 5.41) is 0. The number of cyclic esters (lactones) is 1. The summed E-state index contributed by atoms with van der Waals surface area (Å²) in [6.45, 7) is 1.48. The van der Waals surface area contributed by atoms with E-state index < -0.39 is 0 Å². The molecule has 1 aliphatic heterocycles. The van der Waals surface area contributed by atoms with Gasteiger partial charge in [0.2, 0.25) is 0 Å². The highest BCUT2D eigenvalue weighted by molar-refractivity contribution is 5.69. The van der Waals surface area contributed by atoms with Crippen molar-refractivity contribution in [2.45, 2.75) is 12.5 Å². The fourth-order valence-electron chi connectivity index (χ4n) is 2.03. The second kappa shape index (κ2) is 4.99. The Morgan fingerprint density at radius 1 is 1.38 bits per heavy atom. The van der Waals surface area contributed by atoms with Crippen LogP contribution >= 0.6 is 0 Å². The molecule has 1 amide bonds. The number of benzene rings is 1. The van der Waals surface area contributed by atoms with E-state index in [1.807, 2.05) is 30.3 Å². The SMILES string of the molecule is NCCN1C(=O)OCCC1c1ccccc1. The van der Waals surface area contributed by atoms with Crippen LogP contribution in [0.2, 0.25) is 0 Å². The molecule has 86 valence electrons. The number of carbonyl (C=O) groups is 1. The average molecular weight is 220 g/mol. The molecule has 16 heavy (non-hydrogen) atoms. The monoisotopic (exact) mass is 220 g/mol. The van der Waals surface area contributed by atoms with E-state index in [0.29, 0.717) is 19.7 Å². The van der Waals surface area contributed by atoms with E-state index in [-0.39, 0.29) is 12.1 Å². The van der Waals surface area contributed by atoms with Gasteiger partial charge >= 0.3 is 6.09 Å². The highest BCUT2D eigenvalue weighted by Crippen LogP contribution is 2.27. The van der Waals surface area contributed by atoms with Gasteiger partial charge in [0, 0.05) is 19.5 Å². The Balaban J connectivity index is 2.20. The Morgan fingerprint density at radius 3 is 2.81 bits per heavy atom. The number of carbonyl (C=O) groups excluding carboxylic acids is 1. The van der Waals surface area contributed by atoms with Gasteiger partial charge in [-0.25, -0.2) is 4.79 Å². The zero-order valence-corrected chi connectivity index (χ0v) is 9.13. The Bertz CT molecular complexity index is 353. The number of ether oxygens (including phenoxy) is 1. The van der Waals surface area contributed by atoms with Crippen LogP contribution in [-0.2, 0) is 4.74 Å². The van der Waals surface area contributed by atoms with Crippen LogP contribution < -0.4 is 5.73 Å². The molecule has 1 aromatic rings. The molecule has 1 aliphatic rings. The second-order valence-electron chi connectivity index (χ2n) is 3.81. The molecule has 4 heteroatoms. The lowest BCUT2D eigenvalue weighted by Crippen LogP contribution is -2.42. The zero-order chi connectivity index (χ0) is 11.4. The topological polar surface area (TPSA) is 55.6 Å². The first-order valence-corrected chi connectivity index (χ1v) is 5.51. The van der Waals surface area contributed by atoms with E-state index in [2.05, 4.69) is 0 Å². The molecule has 0 aliphatic carbocycles. The maximum Gasteiger partial charge on any atom is 0.410 e. The smallest absolute Gasteiger partial charge is 0.410 e. The Labute approximate surface area is 95.0 Å². The van der Waals surface area contributed by atoms with Crippen LogP contribution in [0.4, 0.5) is 4.79 Å². The highest BCUT2D eigenvalue weighted by atomic mass is 16.6. The third kappa shape index (κ3) is 2.17. The lowest BCUT2D eigenvalue weighted by Gasteiger charge is -2.35. The van der Waals surface area contributed by atoms with E-state index >= 15 is 0 Å². The summed E-state index contributed by atoms with van der Waals surface area (Å²) in [4.78, 5) is 13.3. The highest BCUT2D eigenvalue weighted by Gasteiger charge is 2.29. The normalized spacial score (nSPS) is 20.7. The summed E-state index contributed by atoms with van der Waals surface area (Å²) in [5.74, 6) is 0. The minimum absolute atomic E-state index is 0.103. The van der Waals surface area contributed by atoms with Gasteiger partial charge in [-0.05, 0) is 5.56 Å². The third-order valence-corrected chi connectivity index (χ3v) is 2.78. The van der Waals surface area contributed by atoms with Gasteiger partial charge in [-0.3, -0.25) is 4.90 Å². The third-order valence-electron chi connectivity index (χ3n) is 2.78. The number of rotatable bonds is 3. The van der Waals surface area contributed by atoms with Crippen molar-refractivity contribution < 1.29 is 9.53 Å². The van der Waals surface area contributed by atoms with Crippen molar-refractivity contribution in [2.75, 3.05) is 19.7 Å². The van der Waals surface area contributed by atoms with E-state index in [1.165, 1.54) is 0 Å². The molecular formula is C12H16N2O2. The van der Waals surface area contributed by atoms with Crippen molar-refractivity contribution >= 4 is 6.09 Å². The first kappa shape index (κ1) is 11.0. The minimum Gasteiger partial charge on any atom is -0.449 e. The number of nitrogens with two attached hydrogens (primary N) is 1. The number of hydrogen-bond donors (Lipinski definition) is 1. The lowest BCUT2D eigenvalue weighted by molar-refractivity contribution is 0.0451. The van der Waals surface area contributed by atoms with Gasteiger partial charge in [-0.2, -0.15) is 0 Å². The van der Waals surface area contributed by atoms with Crippen LogP contribution in [0.1, 0.15) is 18.0 Å². The van der Waals surface area contributed by atoms with Gasteiger partial charge in [0.15, 0.2) is 0 Å². The van der Waals surface area contributed by atoms with Crippen molar-refractivity contribution in [2.24, 2.45) is 5.73 Å². The van der Waals surface area contributed by atoms with Gasteiger partial charge < -0.3 is 10.5 Å². The number of nitrogens with zero attached hydrogens (tertiary/aromatic N) is 1. The molecule has 0 saturated carbocycles. The molecule has 2 N–H and O–H groups in total. The molecule has 1 atom stereocenters. The first-order valence-electron chi connectivity index (χ1n) is 5.51. The predicted molar refractivity (Wildman–Crippen MR) is 60.9 cm³/mol. The average Bonchev–Trinajstić information content (AvgIpc) is 2.33. The van der Waals surface area contributed by atoms with Crippen LogP contribution in [0.25, 0.3) is 0 Å². The number of amides is 1. The second-order valence-corrected chi connectivity index (χ2v) is 3.81. The van der Waals surface area contributed by atoms with Crippen LogP contribution in [-0.4, -0.2) is 30.7 Å². The van der Waals surface area contributed by atoms with Crippen LogP contribution in [0.15, 0.2) is 30.3 Å². The van der Waals surface area contributed by atoms with E-state index in [9.17, 15) is 4.79 Å². The summed E-state index contributed by atoms with van der Waals surface area (Å²) in [6.07, 6.45) is 0.570. The van der Waals surface area contributed by atoms with Crippen LogP contribution in [0, 0.1) is 0 Å². The maximum absolute atomic E-state index is 11.6. The molecule has 1 saturated heterocycles. The first-order chi connectivity index (χ1) is 7.83. The van der Waals surface area contributed by atoms with Gasteiger partial charge in [0.05, 0.1) is 12.6 Å².